The molecule has 0 aliphatic heterocycles. The van der Waals surface area contributed by atoms with Crippen LogP contribution in [0, 0.1) is 0 Å². The van der Waals surface area contributed by atoms with Gasteiger partial charge >= 0.3 is 6.18 Å². The smallest absolute Gasteiger partial charge is 0.386 e. The fourth-order valence-corrected chi connectivity index (χ4v) is 2.47. The minimum atomic E-state index is -4.44. The quantitative estimate of drug-likeness (QED) is 0.793. The van der Waals surface area contributed by atoms with E-state index in [9.17, 15) is 23.4 Å². The van der Waals surface area contributed by atoms with E-state index in [2.05, 4.69) is 4.98 Å². The average molecular weight is 301 g/mol. The third-order valence-electron chi connectivity index (χ3n) is 3.35. The highest BCUT2D eigenvalue weighted by Crippen LogP contribution is 2.39. The number of aromatic nitrogens is 1. The first kappa shape index (κ1) is 15.9. The topological polar surface area (TPSA) is 56.2 Å². The van der Waals surface area contributed by atoms with E-state index in [-0.39, 0.29) is 5.52 Å². The third-order valence-corrected chi connectivity index (χ3v) is 3.35. The van der Waals surface area contributed by atoms with Crippen molar-refractivity contribution in [1.29, 1.82) is 0 Å². The zero-order valence-electron chi connectivity index (χ0n) is 12.3. The molecule has 1 aromatic heterocycles. The number of H-pyrrole nitrogens is 1. The Morgan fingerprint density at radius 2 is 1.52 bits per heavy atom. The lowest BCUT2D eigenvalue weighted by atomic mass is 9.89. The van der Waals surface area contributed by atoms with E-state index < -0.39 is 22.9 Å². The Kier molecular flexibility index (Phi) is 3.38. The largest absolute Gasteiger partial charge is 0.416 e. The van der Waals surface area contributed by atoms with E-state index in [1.807, 2.05) is 0 Å². The van der Waals surface area contributed by atoms with Gasteiger partial charge in [0.15, 0.2) is 0 Å². The second-order valence-corrected chi connectivity index (χ2v) is 6.25. The SMILES string of the molecule is CC(C)(O)c1[nH]c2cc(C(F)(F)F)ccc2c1C(C)(C)O. The molecular formula is C15H18F3NO2. The van der Waals surface area contributed by atoms with Crippen molar-refractivity contribution in [2.75, 3.05) is 0 Å². The molecule has 0 bridgehead atoms. The van der Waals surface area contributed by atoms with Gasteiger partial charge in [-0.15, -0.1) is 0 Å². The molecule has 0 fully saturated rings. The number of halogens is 3. The number of aromatic amines is 1. The Morgan fingerprint density at radius 1 is 0.952 bits per heavy atom. The maximum atomic E-state index is 12.8. The van der Waals surface area contributed by atoms with Gasteiger partial charge in [-0.1, -0.05) is 6.07 Å². The van der Waals surface area contributed by atoms with Crippen LogP contribution in [0.3, 0.4) is 0 Å². The maximum absolute atomic E-state index is 12.8. The number of rotatable bonds is 2. The van der Waals surface area contributed by atoms with Gasteiger partial charge in [0.2, 0.25) is 0 Å². The summed E-state index contributed by atoms with van der Waals surface area (Å²) in [7, 11) is 0. The molecule has 6 heteroatoms. The highest BCUT2D eigenvalue weighted by molar-refractivity contribution is 5.86. The van der Waals surface area contributed by atoms with Crippen molar-refractivity contribution in [1.82, 2.24) is 4.98 Å². The summed E-state index contributed by atoms with van der Waals surface area (Å²) < 4.78 is 38.3. The van der Waals surface area contributed by atoms with E-state index in [0.717, 1.165) is 12.1 Å². The Morgan fingerprint density at radius 3 is 1.95 bits per heavy atom. The zero-order valence-corrected chi connectivity index (χ0v) is 12.3. The second-order valence-electron chi connectivity index (χ2n) is 6.25. The molecule has 2 rings (SSSR count). The number of alkyl halides is 3. The van der Waals surface area contributed by atoms with Crippen molar-refractivity contribution >= 4 is 10.9 Å². The average Bonchev–Trinajstić information content (AvgIpc) is 2.64. The molecule has 3 nitrogen and oxygen atoms in total. The summed E-state index contributed by atoms with van der Waals surface area (Å²) in [5.74, 6) is 0. The number of hydrogen-bond acceptors (Lipinski definition) is 2. The van der Waals surface area contributed by atoms with Crippen LogP contribution in [0.25, 0.3) is 10.9 Å². The molecular weight excluding hydrogens is 283 g/mol. The standard InChI is InChI=1S/C15H18F3NO2/c1-13(2,20)11-9-6-5-8(15(16,17)18)7-10(9)19-12(11)14(3,4)21/h5-7,19-21H,1-4H3. The lowest BCUT2D eigenvalue weighted by Gasteiger charge is -2.25. The number of aliphatic hydroxyl groups is 2. The minimum Gasteiger partial charge on any atom is -0.386 e. The highest BCUT2D eigenvalue weighted by atomic mass is 19.4. The summed E-state index contributed by atoms with van der Waals surface area (Å²) in [5.41, 5.74) is -2.44. The van der Waals surface area contributed by atoms with Crippen LogP contribution in [0.2, 0.25) is 0 Å². The lowest BCUT2D eigenvalue weighted by molar-refractivity contribution is -0.137. The van der Waals surface area contributed by atoms with Crippen LogP contribution in [0.5, 0.6) is 0 Å². The molecule has 1 heterocycles. The van der Waals surface area contributed by atoms with Gasteiger partial charge in [-0.3, -0.25) is 0 Å². The first-order chi connectivity index (χ1) is 9.32. The summed E-state index contributed by atoms with van der Waals surface area (Å²) in [6, 6.07) is 3.27. The monoisotopic (exact) mass is 301 g/mol. The van der Waals surface area contributed by atoms with Crippen LogP contribution in [-0.4, -0.2) is 15.2 Å². The molecule has 0 radical (unpaired) electrons. The van der Waals surface area contributed by atoms with Gasteiger partial charge in [0, 0.05) is 16.5 Å². The normalized spacial score (nSPS) is 14.0. The van der Waals surface area contributed by atoms with Gasteiger partial charge in [0.25, 0.3) is 0 Å². The molecule has 0 saturated carbocycles. The summed E-state index contributed by atoms with van der Waals surface area (Å²) in [5, 5.41) is 21.0. The molecule has 0 aliphatic rings. The van der Waals surface area contributed by atoms with E-state index in [1.54, 1.807) is 0 Å². The second kappa shape index (κ2) is 4.48. The van der Waals surface area contributed by atoms with Gasteiger partial charge in [0.05, 0.1) is 22.5 Å². The molecule has 0 saturated heterocycles. The number of hydrogen-bond donors (Lipinski definition) is 3. The van der Waals surface area contributed by atoms with Crippen molar-refractivity contribution in [3.8, 4) is 0 Å². The molecule has 1 aromatic carbocycles. The Bertz CT molecular complexity index is 673. The van der Waals surface area contributed by atoms with Crippen LogP contribution in [-0.2, 0) is 17.4 Å². The number of fused-ring (bicyclic) bond motifs is 1. The van der Waals surface area contributed by atoms with Gasteiger partial charge < -0.3 is 15.2 Å². The van der Waals surface area contributed by atoms with E-state index in [1.165, 1.54) is 33.8 Å². The highest BCUT2D eigenvalue weighted by Gasteiger charge is 2.34. The fourth-order valence-electron chi connectivity index (χ4n) is 2.47. The van der Waals surface area contributed by atoms with Crippen molar-refractivity contribution in [3.05, 3.63) is 35.0 Å². The Hall–Kier alpha value is -1.53. The summed E-state index contributed by atoms with van der Waals surface area (Å²) in [4.78, 5) is 2.81. The summed E-state index contributed by atoms with van der Waals surface area (Å²) >= 11 is 0. The maximum Gasteiger partial charge on any atom is 0.416 e. The first-order valence-electron chi connectivity index (χ1n) is 6.50. The fraction of sp³-hybridized carbons (Fsp3) is 0.467. The van der Waals surface area contributed by atoms with Crippen LogP contribution in [0.1, 0.15) is 44.5 Å². The van der Waals surface area contributed by atoms with E-state index >= 15 is 0 Å². The lowest BCUT2D eigenvalue weighted by Crippen LogP contribution is -2.25. The van der Waals surface area contributed by atoms with Gasteiger partial charge in [-0.2, -0.15) is 13.2 Å². The third kappa shape index (κ3) is 2.91. The first-order valence-corrected chi connectivity index (χ1v) is 6.50. The summed E-state index contributed by atoms with van der Waals surface area (Å²) in [6.45, 7) is 6.08. The molecule has 0 amide bonds. The molecule has 0 unspecified atom stereocenters. The predicted molar refractivity (Wildman–Crippen MR) is 73.8 cm³/mol. The van der Waals surface area contributed by atoms with Crippen LogP contribution < -0.4 is 0 Å². The van der Waals surface area contributed by atoms with Crippen LogP contribution >= 0.6 is 0 Å². The van der Waals surface area contributed by atoms with Gasteiger partial charge in [-0.25, -0.2) is 0 Å². The Labute approximate surface area is 120 Å². The number of nitrogens with one attached hydrogen (secondary N) is 1. The molecule has 21 heavy (non-hydrogen) atoms. The van der Waals surface area contributed by atoms with Crippen LogP contribution in [0.15, 0.2) is 18.2 Å². The summed E-state index contributed by atoms with van der Waals surface area (Å²) in [6.07, 6.45) is -4.44. The molecule has 0 spiro atoms. The molecule has 2 aromatic rings. The zero-order chi connectivity index (χ0) is 16.2. The minimum absolute atomic E-state index is 0.235. The van der Waals surface area contributed by atoms with Crippen molar-refractivity contribution < 1.29 is 23.4 Å². The molecule has 116 valence electrons. The van der Waals surface area contributed by atoms with Gasteiger partial charge in [-0.05, 0) is 39.8 Å². The van der Waals surface area contributed by atoms with Crippen molar-refractivity contribution in [2.45, 2.75) is 45.1 Å². The van der Waals surface area contributed by atoms with Crippen LogP contribution in [0.4, 0.5) is 13.2 Å². The Balaban J connectivity index is 2.80. The van der Waals surface area contributed by atoms with Gasteiger partial charge in [0.1, 0.15) is 0 Å². The van der Waals surface area contributed by atoms with Crippen molar-refractivity contribution in [2.24, 2.45) is 0 Å². The van der Waals surface area contributed by atoms with Crippen molar-refractivity contribution in [3.63, 3.8) is 0 Å². The van der Waals surface area contributed by atoms with E-state index in [0.29, 0.717) is 16.6 Å². The predicted octanol–water partition coefficient (Wildman–Crippen LogP) is 3.64. The van der Waals surface area contributed by atoms with E-state index in [4.69, 9.17) is 0 Å². The molecule has 0 aliphatic carbocycles. The number of benzene rings is 1. The molecule has 0 atom stereocenters. The molecule has 3 N–H and O–H groups in total.